The lowest BCUT2D eigenvalue weighted by atomic mass is 10.5. The van der Waals surface area contributed by atoms with Gasteiger partial charge in [0.1, 0.15) is 0 Å². The average Bonchev–Trinajstić information content (AvgIpc) is 2.15. The highest BCUT2D eigenvalue weighted by molar-refractivity contribution is 7.76. The molecular weight excluding hydrogens is 142 g/mol. The van der Waals surface area contributed by atoms with Crippen LogP contribution in [0.25, 0.3) is 0 Å². The number of rotatable bonds is 2. The second-order valence-electron chi connectivity index (χ2n) is 1.54. The van der Waals surface area contributed by atoms with Crippen LogP contribution in [-0.2, 0) is 11.3 Å². The van der Waals surface area contributed by atoms with Crippen molar-refractivity contribution in [2.75, 3.05) is 6.54 Å². The predicted octanol–water partition coefficient (Wildman–Crippen LogP) is -1.02. The maximum absolute atomic E-state index is 9.93. The molecule has 1 aliphatic rings. The van der Waals surface area contributed by atoms with Gasteiger partial charge in [-0.3, -0.25) is 4.21 Å². The molecule has 0 radical (unpaired) electrons. The minimum atomic E-state index is -2.24. The first-order chi connectivity index (χ1) is 4.29. The van der Waals surface area contributed by atoms with Gasteiger partial charge in [0.2, 0.25) is 0 Å². The summed E-state index contributed by atoms with van der Waals surface area (Å²) in [4.78, 5) is 2.09. The Labute approximate surface area is 55.1 Å². The Bertz CT molecular complexity index is 148. The average molecular weight is 148 g/mol. The van der Waals surface area contributed by atoms with E-state index in [-0.39, 0.29) is 0 Å². The first-order valence-corrected chi connectivity index (χ1v) is 3.52. The maximum Gasteiger partial charge on any atom is 0.0593 e. The zero-order chi connectivity index (χ0) is 6.69. The fraction of sp³-hybridized carbons (Fsp3) is 0.667. The van der Waals surface area contributed by atoms with Gasteiger partial charge < -0.3 is 4.55 Å². The third kappa shape index (κ3) is 2.08. The minimum absolute atomic E-state index is 0.619. The molecule has 1 aliphatic heterocycles. The van der Waals surface area contributed by atoms with Crippen LogP contribution in [0.4, 0.5) is 0 Å². The van der Waals surface area contributed by atoms with E-state index in [1.54, 1.807) is 6.21 Å². The van der Waals surface area contributed by atoms with Crippen LogP contribution >= 0.6 is 0 Å². The van der Waals surface area contributed by atoms with Crippen LogP contribution in [0.2, 0.25) is 0 Å². The molecule has 52 valence electrons. The zero-order valence-corrected chi connectivity index (χ0v) is 5.43. The Kier molecular flexibility index (Phi) is 2.15. The normalized spacial score (nSPS) is 20.8. The van der Waals surface area contributed by atoms with E-state index in [1.165, 1.54) is 5.12 Å². The molecule has 1 N–H and O–H groups in total. The quantitative estimate of drug-likeness (QED) is 0.509. The van der Waals surface area contributed by atoms with E-state index in [2.05, 4.69) is 9.93 Å². The Hall–Kier alpha value is -0.460. The molecular formula is C3H6N3O2S-. The minimum Gasteiger partial charge on any atom is -0.758 e. The summed E-state index contributed by atoms with van der Waals surface area (Å²) in [7, 11) is 0. The summed E-state index contributed by atoms with van der Waals surface area (Å²) in [5.74, 6) is 0. The van der Waals surface area contributed by atoms with Crippen molar-refractivity contribution in [3.8, 4) is 0 Å². The van der Waals surface area contributed by atoms with Crippen molar-refractivity contribution in [3.05, 3.63) is 0 Å². The van der Waals surface area contributed by atoms with E-state index in [0.717, 1.165) is 6.42 Å². The van der Waals surface area contributed by atoms with Crippen molar-refractivity contribution in [3.63, 3.8) is 0 Å². The molecule has 0 amide bonds. The summed E-state index contributed by atoms with van der Waals surface area (Å²) in [5.41, 5.74) is 0. The monoisotopic (exact) mass is 148 g/mol. The molecule has 1 unspecified atom stereocenters. The summed E-state index contributed by atoms with van der Waals surface area (Å²) in [6.45, 7) is 0.619. The van der Waals surface area contributed by atoms with Crippen molar-refractivity contribution in [2.45, 2.75) is 6.42 Å². The molecule has 5 nitrogen and oxygen atoms in total. The van der Waals surface area contributed by atoms with Gasteiger partial charge in [0.15, 0.2) is 0 Å². The van der Waals surface area contributed by atoms with E-state index < -0.39 is 11.3 Å². The maximum atomic E-state index is 9.93. The van der Waals surface area contributed by atoms with E-state index >= 15 is 0 Å². The largest absolute Gasteiger partial charge is 0.758 e. The van der Waals surface area contributed by atoms with Gasteiger partial charge in [0, 0.05) is 23.9 Å². The Morgan fingerprint density at radius 3 is 3.11 bits per heavy atom. The fourth-order valence-electron chi connectivity index (χ4n) is 0.549. The molecule has 0 bridgehead atoms. The van der Waals surface area contributed by atoms with Gasteiger partial charge >= 0.3 is 0 Å². The van der Waals surface area contributed by atoms with Crippen molar-refractivity contribution < 1.29 is 8.76 Å². The molecule has 0 fully saturated rings. The Morgan fingerprint density at radius 2 is 2.67 bits per heavy atom. The van der Waals surface area contributed by atoms with Crippen molar-refractivity contribution >= 4 is 17.5 Å². The van der Waals surface area contributed by atoms with Gasteiger partial charge in [-0.1, -0.05) is 0 Å². The Balaban J connectivity index is 2.28. The smallest absolute Gasteiger partial charge is 0.0593 e. The highest BCUT2D eigenvalue weighted by Crippen LogP contribution is 1.93. The highest BCUT2D eigenvalue weighted by atomic mass is 32.2. The van der Waals surface area contributed by atoms with E-state index in [1.807, 2.05) is 0 Å². The summed E-state index contributed by atoms with van der Waals surface area (Å²) < 4.78 is 19.9. The second-order valence-corrected chi connectivity index (χ2v) is 2.19. The zero-order valence-electron chi connectivity index (χ0n) is 4.61. The van der Waals surface area contributed by atoms with Gasteiger partial charge in [0.05, 0.1) is 6.54 Å². The topological polar surface area (TPSA) is 67.8 Å². The van der Waals surface area contributed by atoms with Gasteiger partial charge in [-0.2, -0.15) is 5.10 Å². The van der Waals surface area contributed by atoms with Crippen LogP contribution in [0.3, 0.4) is 0 Å². The fourth-order valence-corrected chi connectivity index (χ4v) is 0.860. The lowest BCUT2D eigenvalue weighted by Gasteiger charge is -2.15. The van der Waals surface area contributed by atoms with Crippen molar-refractivity contribution in [1.82, 2.24) is 9.95 Å². The molecule has 0 aromatic rings. The van der Waals surface area contributed by atoms with E-state index in [0.29, 0.717) is 6.54 Å². The number of nitrogens with zero attached hydrogens (tertiary/aromatic N) is 2. The number of hydrogen-bond donors (Lipinski definition) is 1. The molecule has 0 aromatic heterocycles. The van der Waals surface area contributed by atoms with Crippen LogP contribution in [0, 0.1) is 0 Å². The number of hydrogen-bond acceptors (Lipinski definition) is 4. The Morgan fingerprint density at radius 1 is 1.89 bits per heavy atom. The van der Waals surface area contributed by atoms with Crippen molar-refractivity contribution in [1.29, 1.82) is 0 Å². The molecule has 6 heteroatoms. The molecule has 9 heavy (non-hydrogen) atoms. The molecule has 1 rings (SSSR count). The van der Waals surface area contributed by atoms with Crippen molar-refractivity contribution in [2.24, 2.45) is 5.10 Å². The first-order valence-electron chi connectivity index (χ1n) is 2.44. The SMILES string of the molecule is O=S([O-])NN1CCC=N1. The van der Waals surface area contributed by atoms with Gasteiger partial charge in [-0.25, -0.2) is 5.12 Å². The second kappa shape index (κ2) is 2.90. The first kappa shape index (κ1) is 6.66. The highest BCUT2D eigenvalue weighted by Gasteiger charge is 2.02. The third-order valence-corrected chi connectivity index (χ3v) is 1.23. The van der Waals surface area contributed by atoms with E-state index in [4.69, 9.17) is 0 Å². The molecule has 1 heterocycles. The van der Waals surface area contributed by atoms with Gasteiger partial charge in [-0.15, -0.1) is 4.83 Å². The van der Waals surface area contributed by atoms with Crippen LogP contribution in [0.1, 0.15) is 6.42 Å². The van der Waals surface area contributed by atoms with E-state index in [9.17, 15) is 8.76 Å². The van der Waals surface area contributed by atoms with Gasteiger partial charge in [0.25, 0.3) is 0 Å². The lowest BCUT2D eigenvalue weighted by Crippen LogP contribution is -2.32. The number of nitrogens with one attached hydrogen (secondary N) is 1. The molecule has 0 aromatic carbocycles. The van der Waals surface area contributed by atoms with Crippen LogP contribution < -0.4 is 4.83 Å². The third-order valence-electron chi connectivity index (χ3n) is 0.871. The molecule has 0 aliphatic carbocycles. The molecule has 0 saturated carbocycles. The molecule has 0 spiro atoms. The number of hydrazone groups is 1. The summed E-state index contributed by atoms with van der Waals surface area (Å²) in [6, 6.07) is 0. The van der Waals surface area contributed by atoms with Crippen LogP contribution in [0.15, 0.2) is 5.10 Å². The van der Waals surface area contributed by atoms with Gasteiger partial charge in [-0.05, 0) is 0 Å². The predicted molar refractivity (Wildman–Crippen MR) is 31.9 cm³/mol. The summed E-state index contributed by atoms with van der Waals surface area (Å²) in [5, 5.41) is 4.95. The standard InChI is InChI=1S/C3H7N3O2S/c7-9(8)5-6-3-1-2-4-6/h2,5H,1,3H2,(H,7,8)/p-1. The summed E-state index contributed by atoms with van der Waals surface area (Å²) in [6.07, 6.45) is 2.45. The molecule has 1 atom stereocenters. The summed E-state index contributed by atoms with van der Waals surface area (Å²) >= 11 is -2.24. The van der Waals surface area contributed by atoms with Crippen LogP contribution in [0.5, 0.6) is 0 Å². The van der Waals surface area contributed by atoms with Crippen LogP contribution in [-0.4, -0.2) is 26.6 Å². The lowest BCUT2D eigenvalue weighted by molar-refractivity contribution is 0.276. The molecule has 0 saturated heterocycles. The number of hydrazine groups is 1.